The minimum absolute atomic E-state index is 0.637. The van der Waals surface area contributed by atoms with E-state index in [-0.39, 0.29) is 0 Å². The van der Waals surface area contributed by atoms with Crippen LogP contribution in [-0.2, 0) is 0 Å². The molecular weight excluding hydrogens is 302 g/mol. The molecule has 0 N–H and O–H groups in total. The van der Waals surface area contributed by atoms with Crippen molar-refractivity contribution in [1.29, 1.82) is 0 Å². The predicted molar refractivity (Wildman–Crippen MR) is 85.9 cm³/mol. The number of unbranched alkanes of at least 4 members (excludes halogenated alkanes) is 1. The fourth-order valence-electron chi connectivity index (χ4n) is 2.01. The van der Waals surface area contributed by atoms with E-state index in [1.54, 1.807) is 0 Å². The molecular formula is C16H26BrNO. The molecule has 0 aliphatic carbocycles. The van der Waals surface area contributed by atoms with Crippen molar-refractivity contribution in [2.24, 2.45) is 0 Å². The first kappa shape index (κ1) is 16.5. The summed E-state index contributed by atoms with van der Waals surface area (Å²) >= 11 is 3.46. The highest BCUT2D eigenvalue weighted by molar-refractivity contribution is 9.10. The Morgan fingerprint density at radius 2 is 2.05 bits per heavy atom. The number of halogens is 1. The summed E-state index contributed by atoms with van der Waals surface area (Å²) in [4.78, 5) is 2.53. The molecule has 0 radical (unpaired) electrons. The summed E-state index contributed by atoms with van der Waals surface area (Å²) in [5.74, 6) is 0.939. The van der Waals surface area contributed by atoms with E-state index in [9.17, 15) is 0 Å². The lowest BCUT2D eigenvalue weighted by Crippen LogP contribution is -2.36. The molecule has 0 bridgehead atoms. The lowest BCUT2D eigenvalue weighted by atomic mass is 10.2. The van der Waals surface area contributed by atoms with Gasteiger partial charge in [-0.3, -0.25) is 4.90 Å². The Bertz CT molecular complexity index is 356. The highest BCUT2D eigenvalue weighted by Gasteiger charge is 2.11. The van der Waals surface area contributed by atoms with Gasteiger partial charge in [-0.2, -0.15) is 0 Å². The first-order valence-electron chi connectivity index (χ1n) is 7.29. The topological polar surface area (TPSA) is 12.5 Å². The van der Waals surface area contributed by atoms with Crippen LogP contribution in [0.25, 0.3) is 0 Å². The van der Waals surface area contributed by atoms with E-state index in [4.69, 9.17) is 4.74 Å². The summed E-state index contributed by atoms with van der Waals surface area (Å²) < 4.78 is 6.88. The van der Waals surface area contributed by atoms with Gasteiger partial charge in [-0.25, -0.2) is 0 Å². The standard InChI is InChI=1S/C16H26BrNO/c1-4-6-10-18(14(3)5-2)11-12-19-16-9-7-8-15(17)13-16/h7-9,13-14H,4-6,10-12H2,1-3H3. The van der Waals surface area contributed by atoms with Crippen LogP contribution >= 0.6 is 15.9 Å². The normalized spacial score (nSPS) is 12.7. The molecule has 1 aromatic rings. The zero-order chi connectivity index (χ0) is 14.1. The highest BCUT2D eigenvalue weighted by Crippen LogP contribution is 2.17. The molecule has 0 aliphatic heterocycles. The van der Waals surface area contributed by atoms with Crippen LogP contribution in [0.4, 0.5) is 0 Å². The van der Waals surface area contributed by atoms with Crippen molar-refractivity contribution < 1.29 is 4.74 Å². The van der Waals surface area contributed by atoms with Crippen LogP contribution in [0.2, 0.25) is 0 Å². The zero-order valence-corrected chi connectivity index (χ0v) is 13.9. The first-order valence-corrected chi connectivity index (χ1v) is 8.09. The minimum Gasteiger partial charge on any atom is -0.492 e. The van der Waals surface area contributed by atoms with Crippen molar-refractivity contribution in [3.63, 3.8) is 0 Å². The second kappa shape index (κ2) is 9.38. The maximum Gasteiger partial charge on any atom is 0.120 e. The van der Waals surface area contributed by atoms with Crippen LogP contribution in [0.5, 0.6) is 5.75 Å². The minimum atomic E-state index is 0.637. The van der Waals surface area contributed by atoms with Gasteiger partial charge in [0.1, 0.15) is 12.4 Å². The van der Waals surface area contributed by atoms with E-state index in [0.717, 1.165) is 23.4 Å². The van der Waals surface area contributed by atoms with Crippen molar-refractivity contribution in [2.45, 2.75) is 46.1 Å². The Labute approximate surface area is 126 Å². The Balaban J connectivity index is 2.38. The molecule has 1 unspecified atom stereocenters. The molecule has 0 aliphatic rings. The number of ether oxygens (including phenoxy) is 1. The largest absolute Gasteiger partial charge is 0.492 e. The Kier molecular flexibility index (Phi) is 8.15. The van der Waals surface area contributed by atoms with Crippen molar-refractivity contribution in [1.82, 2.24) is 4.90 Å². The maximum atomic E-state index is 5.82. The maximum absolute atomic E-state index is 5.82. The van der Waals surface area contributed by atoms with Gasteiger partial charge in [0, 0.05) is 17.1 Å². The SMILES string of the molecule is CCCCN(CCOc1cccc(Br)c1)C(C)CC. The van der Waals surface area contributed by atoms with Gasteiger partial charge in [-0.05, 0) is 44.5 Å². The van der Waals surface area contributed by atoms with Crippen molar-refractivity contribution in [3.05, 3.63) is 28.7 Å². The summed E-state index contributed by atoms with van der Waals surface area (Å²) in [6.07, 6.45) is 3.71. The third-order valence-corrected chi connectivity index (χ3v) is 3.95. The molecule has 0 saturated heterocycles. The van der Waals surface area contributed by atoms with E-state index >= 15 is 0 Å². The van der Waals surface area contributed by atoms with E-state index in [1.165, 1.54) is 25.8 Å². The van der Waals surface area contributed by atoms with E-state index in [1.807, 2.05) is 24.3 Å². The quantitative estimate of drug-likeness (QED) is 0.650. The Hall–Kier alpha value is -0.540. The van der Waals surface area contributed by atoms with Crippen molar-refractivity contribution >= 4 is 15.9 Å². The van der Waals surface area contributed by atoms with Crippen molar-refractivity contribution in [2.75, 3.05) is 19.7 Å². The number of rotatable bonds is 9. The zero-order valence-electron chi connectivity index (χ0n) is 12.4. The molecule has 3 heteroatoms. The van der Waals surface area contributed by atoms with Crippen molar-refractivity contribution in [3.8, 4) is 5.75 Å². The molecule has 0 saturated carbocycles. The number of benzene rings is 1. The summed E-state index contributed by atoms with van der Waals surface area (Å²) in [6.45, 7) is 9.72. The average Bonchev–Trinajstić information content (AvgIpc) is 2.42. The average molecular weight is 328 g/mol. The lowest BCUT2D eigenvalue weighted by Gasteiger charge is -2.28. The second-order valence-electron chi connectivity index (χ2n) is 4.95. The Morgan fingerprint density at radius 3 is 2.68 bits per heavy atom. The molecule has 0 spiro atoms. The summed E-state index contributed by atoms with van der Waals surface area (Å²) in [5, 5.41) is 0. The van der Waals surface area contributed by atoms with Crippen LogP contribution < -0.4 is 4.74 Å². The molecule has 0 amide bonds. The van der Waals surface area contributed by atoms with Crippen LogP contribution in [0.15, 0.2) is 28.7 Å². The molecule has 19 heavy (non-hydrogen) atoms. The molecule has 108 valence electrons. The fraction of sp³-hybridized carbons (Fsp3) is 0.625. The summed E-state index contributed by atoms with van der Waals surface area (Å²) in [7, 11) is 0. The van der Waals surface area contributed by atoms with Gasteiger partial charge in [0.15, 0.2) is 0 Å². The van der Waals surface area contributed by atoms with Gasteiger partial charge in [0.25, 0.3) is 0 Å². The first-order chi connectivity index (χ1) is 9.17. The molecule has 1 atom stereocenters. The van der Waals surface area contributed by atoms with Gasteiger partial charge < -0.3 is 4.74 Å². The lowest BCUT2D eigenvalue weighted by molar-refractivity contribution is 0.162. The third-order valence-electron chi connectivity index (χ3n) is 3.46. The third kappa shape index (κ3) is 6.44. The predicted octanol–water partition coefficient (Wildman–Crippen LogP) is 4.73. The number of hydrogen-bond acceptors (Lipinski definition) is 2. The molecule has 1 rings (SSSR count). The summed E-state index contributed by atoms with van der Waals surface area (Å²) in [6, 6.07) is 8.67. The smallest absolute Gasteiger partial charge is 0.120 e. The highest BCUT2D eigenvalue weighted by atomic mass is 79.9. The van der Waals surface area contributed by atoms with Gasteiger partial charge >= 0.3 is 0 Å². The molecule has 0 heterocycles. The van der Waals surface area contributed by atoms with Gasteiger partial charge in [-0.1, -0.05) is 42.3 Å². The van der Waals surface area contributed by atoms with Gasteiger partial charge in [0.05, 0.1) is 0 Å². The van der Waals surface area contributed by atoms with Crippen LogP contribution in [0, 0.1) is 0 Å². The van der Waals surface area contributed by atoms with Crippen LogP contribution in [0.1, 0.15) is 40.0 Å². The van der Waals surface area contributed by atoms with Crippen LogP contribution in [-0.4, -0.2) is 30.6 Å². The van der Waals surface area contributed by atoms with E-state index in [2.05, 4.69) is 41.6 Å². The van der Waals surface area contributed by atoms with Gasteiger partial charge in [0.2, 0.25) is 0 Å². The monoisotopic (exact) mass is 327 g/mol. The molecule has 2 nitrogen and oxygen atoms in total. The van der Waals surface area contributed by atoms with Gasteiger partial charge in [-0.15, -0.1) is 0 Å². The van der Waals surface area contributed by atoms with E-state index < -0.39 is 0 Å². The van der Waals surface area contributed by atoms with E-state index in [0.29, 0.717) is 6.04 Å². The molecule has 1 aromatic carbocycles. The summed E-state index contributed by atoms with van der Waals surface area (Å²) in [5.41, 5.74) is 0. The number of hydrogen-bond donors (Lipinski definition) is 0. The fourth-order valence-corrected chi connectivity index (χ4v) is 2.39. The number of nitrogens with zero attached hydrogens (tertiary/aromatic N) is 1. The molecule has 0 aromatic heterocycles. The molecule has 0 fully saturated rings. The Morgan fingerprint density at radius 1 is 1.26 bits per heavy atom. The van der Waals surface area contributed by atoms with Crippen LogP contribution in [0.3, 0.4) is 0 Å². The second-order valence-corrected chi connectivity index (χ2v) is 5.87.